The minimum Gasteiger partial charge on any atom is -0.281 e. The molecule has 1 rings (SSSR count). The third kappa shape index (κ3) is 1.16. The van der Waals surface area contributed by atoms with Gasteiger partial charge < -0.3 is 0 Å². The number of amidine groups is 1. The standard InChI is InChI=1S/C5HN2OS/c8-2-5-6-1-4(3-9)7-5/h1H. The van der Waals surface area contributed by atoms with E-state index in [0.717, 1.165) is 0 Å². The van der Waals surface area contributed by atoms with E-state index in [-0.39, 0.29) is 5.84 Å². The molecular weight excluding hydrogens is 136 g/mol. The molecule has 0 bridgehead atoms. The van der Waals surface area contributed by atoms with E-state index in [9.17, 15) is 4.79 Å². The van der Waals surface area contributed by atoms with Crippen molar-refractivity contribution in [1.29, 1.82) is 0 Å². The highest BCUT2D eigenvalue weighted by Gasteiger charge is 2.02. The molecule has 1 aliphatic heterocycles. The third-order valence-corrected chi connectivity index (χ3v) is 0.940. The molecule has 0 saturated carbocycles. The highest BCUT2D eigenvalue weighted by molar-refractivity contribution is 7.78. The molecule has 0 spiro atoms. The predicted octanol–water partition coefficient (Wildman–Crippen LogP) is 0.0615. The Kier molecular flexibility index (Phi) is 1.63. The van der Waals surface area contributed by atoms with Crippen molar-refractivity contribution >= 4 is 35.6 Å². The fourth-order valence-corrected chi connectivity index (χ4v) is 0.491. The van der Waals surface area contributed by atoms with Crippen molar-refractivity contribution in [3.05, 3.63) is 5.70 Å². The van der Waals surface area contributed by atoms with E-state index in [2.05, 4.69) is 27.2 Å². The second kappa shape index (κ2) is 2.44. The van der Waals surface area contributed by atoms with Crippen molar-refractivity contribution in [2.75, 3.05) is 0 Å². The first-order valence-corrected chi connectivity index (χ1v) is 2.53. The summed E-state index contributed by atoms with van der Waals surface area (Å²) < 4.78 is 0. The van der Waals surface area contributed by atoms with Crippen LogP contribution in [0.1, 0.15) is 0 Å². The van der Waals surface area contributed by atoms with Gasteiger partial charge in [0.1, 0.15) is 5.70 Å². The molecule has 43 valence electrons. The van der Waals surface area contributed by atoms with Crippen molar-refractivity contribution in [2.24, 2.45) is 9.98 Å². The van der Waals surface area contributed by atoms with Gasteiger partial charge in [-0.05, 0) is 17.2 Å². The molecule has 0 aliphatic carbocycles. The fraction of sp³-hybridized carbons (Fsp3) is 0. The average molecular weight is 137 g/mol. The summed E-state index contributed by atoms with van der Waals surface area (Å²) in [4.78, 5) is 17.0. The molecule has 0 N–H and O–H groups in total. The molecular formula is C5HN2OS. The Labute approximate surface area is 56.8 Å². The number of hydrogen-bond donors (Lipinski definition) is 0. The Hall–Kier alpha value is -1.12. The maximum Gasteiger partial charge on any atom is 0.274 e. The lowest BCUT2D eigenvalue weighted by Crippen LogP contribution is -1.87. The zero-order chi connectivity index (χ0) is 6.69. The van der Waals surface area contributed by atoms with Crippen LogP contribution in [0, 0.1) is 0 Å². The van der Waals surface area contributed by atoms with Gasteiger partial charge in [-0.3, -0.25) is 4.79 Å². The maximum atomic E-state index is 9.82. The van der Waals surface area contributed by atoms with Crippen LogP contribution in [-0.2, 0) is 4.79 Å². The van der Waals surface area contributed by atoms with Gasteiger partial charge in [-0.25, -0.2) is 9.98 Å². The lowest BCUT2D eigenvalue weighted by atomic mass is 10.6. The molecule has 0 atom stereocenters. The van der Waals surface area contributed by atoms with Crippen molar-refractivity contribution in [2.45, 2.75) is 0 Å². The SMILES string of the molecule is O=[C]C1=NC(=C=S)C=N1. The van der Waals surface area contributed by atoms with Crippen LogP contribution in [0.15, 0.2) is 15.7 Å². The summed E-state index contributed by atoms with van der Waals surface area (Å²) in [6.45, 7) is 0. The maximum absolute atomic E-state index is 9.82. The van der Waals surface area contributed by atoms with Crippen molar-refractivity contribution in [1.82, 2.24) is 0 Å². The Morgan fingerprint density at radius 3 is 2.78 bits per heavy atom. The number of nitrogens with zero attached hydrogens (tertiary/aromatic N) is 2. The Bertz CT molecular complexity index is 248. The average Bonchev–Trinajstić information content (AvgIpc) is 2.34. The molecule has 3 nitrogen and oxygen atoms in total. The van der Waals surface area contributed by atoms with Gasteiger partial charge in [0.2, 0.25) is 5.84 Å². The van der Waals surface area contributed by atoms with Gasteiger partial charge in [-0.15, -0.1) is 0 Å². The number of aliphatic imine (C=N–C) groups is 2. The van der Waals surface area contributed by atoms with Gasteiger partial charge in [-0.2, -0.15) is 0 Å². The Balaban J connectivity index is 2.99. The molecule has 1 aliphatic rings. The number of carbonyl (C=O) groups excluding carboxylic acids is 1. The van der Waals surface area contributed by atoms with Crippen LogP contribution in [0.2, 0.25) is 0 Å². The summed E-state index contributed by atoms with van der Waals surface area (Å²) >= 11 is 4.40. The normalized spacial score (nSPS) is 15.1. The first-order valence-electron chi connectivity index (χ1n) is 2.13. The number of allylic oxidation sites excluding steroid dienone is 1. The quantitative estimate of drug-likeness (QED) is 0.479. The summed E-state index contributed by atoms with van der Waals surface area (Å²) in [5.41, 5.74) is 0.406. The zero-order valence-electron chi connectivity index (χ0n) is 4.29. The van der Waals surface area contributed by atoms with Crippen LogP contribution in [0.4, 0.5) is 0 Å². The van der Waals surface area contributed by atoms with E-state index < -0.39 is 0 Å². The van der Waals surface area contributed by atoms with Crippen molar-refractivity contribution in [3.8, 4) is 0 Å². The van der Waals surface area contributed by atoms with Crippen LogP contribution < -0.4 is 0 Å². The lowest BCUT2D eigenvalue weighted by Gasteiger charge is -1.71. The largest absolute Gasteiger partial charge is 0.281 e. The van der Waals surface area contributed by atoms with E-state index in [1.54, 1.807) is 0 Å². The van der Waals surface area contributed by atoms with Gasteiger partial charge in [-0.1, -0.05) is 0 Å². The summed E-state index contributed by atoms with van der Waals surface area (Å²) in [5, 5.41) is 2.31. The molecule has 0 aromatic rings. The van der Waals surface area contributed by atoms with Gasteiger partial charge in [0, 0.05) is 0 Å². The van der Waals surface area contributed by atoms with E-state index in [4.69, 9.17) is 0 Å². The van der Waals surface area contributed by atoms with Crippen molar-refractivity contribution in [3.63, 3.8) is 0 Å². The van der Waals surface area contributed by atoms with E-state index in [1.165, 1.54) is 12.5 Å². The van der Waals surface area contributed by atoms with Crippen molar-refractivity contribution < 1.29 is 4.79 Å². The molecule has 0 saturated heterocycles. The van der Waals surface area contributed by atoms with Crippen LogP contribution in [-0.4, -0.2) is 23.4 Å². The lowest BCUT2D eigenvalue weighted by molar-refractivity contribution is 0.566. The molecule has 0 fully saturated rings. The third-order valence-electron chi connectivity index (χ3n) is 0.731. The van der Waals surface area contributed by atoms with E-state index >= 15 is 0 Å². The number of rotatable bonds is 1. The molecule has 1 radical (unpaired) electrons. The van der Waals surface area contributed by atoms with Crippen LogP contribution in [0.3, 0.4) is 0 Å². The van der Waals surface area contributed by atoms with Crippen LogP contribution in [0.5, 0.6) is 0 Å². The van der Waals surface area contributed by atoms with Gasteiger partial charge in [0.15, 0.2) is 0 Å². The summed E-state index contributed by atoms with van der Waals surface area (Å²) in [6.07, 6.45) is 2.89. The Morgan fingerprint density at radius 1 is 1.67 bits per heavy atom. The van der Waals surface area contributed by atoms with E-state index in [1.807, 2.05) is 0 Å². The molecule has 0 amide bonds. The van der Waals surface area contributed by atoms with Crippen LogP contribution in [0.25, 0.3) is 0 Å². The first-order chi connectivity index (χ1) is 4.36. The predicted molar refractivity (Wildman–Crippen MR) is 37.7 cm³/mol. The van der Waals surface area contributed by atoms with Gasteiger partial charge in [0.25, 0.3) is 6.29 Å². The second-order valence-corrected chi connectivity index (χ2v) is 1.49. The first kappa shape index (κ1) is 6.01. The fourth-order valence-electron chi connectivity index (χ4n) is 0.392. The minimum absolute atomic E-state index is 0.0300. The number of thiocarbonyl (C=S) groups is 1. The summed E-state index contributed by atoms with van der Waals surface area (Å²) in [6, 6.07) is 0. The Morgan fingerprint density at radius 2 is 2.44 bits per heavy atom. The molecule has 1 heterocycles. The topological polar surface area (TPSA) is 41.8 Å². The molecule has 9 heavy (non-hydrogen) atoms. The van der Waals surface area contributed by atoms with E-state index in [0.29, 0.717) is 5.70 Å². The molecule has 0 aromatic heterocycles. The van der Waals surface area contributed by atoms with Gasteiger partial charge in [0.05, 0.1) is 6.21 Å². The minimum atomic E-state index is 0.0300. The highest BCUT2D eigenvalue weighted by atomic mass is 32.1. The zero-order valence-corrected chi connectivity index (χ0v) is 5.10. The van der Waals surface area contributed by atoms with Gasteiger partial charge >= 0.3 is 0 Å². The smallest absolute Gasteiger partial charge is 0.274 e. The molecule has 0 unspecified atom stereocenters. The monoisotopic (exact) mass is 137 g/mol. The highest BCUT2D eigenvalue weighted by Crippen LogP contribution is 1.96. The van der Waals surface area contributed by atoms with Crippen LogP contribution >= 0.6 is 12.2 Å². The number of hydrogen-bond acceptors (Lipinski definition) is 4. The molecule has 0 aromatic carbocycles. The summed E-state index contributed by atoms with van der Waals surface area (Å²) in [5.74, 6) is 0.0300. The summed E-state index contributed by atoms with van der Waals surface area (Å²) in [7, 11) is 0. The second-order valence-electron chi connectivity index (χ2n) is 1.28. The molecule has 4 heteroatoms.